The van der Waals surface area contributed by atoms with E-state index in [1.807, 2.05) is 7.05 Å². The van der Waals surface area contributed by atoms with Crippen molar-refractivity contribution in [2.75, 3.05) is 31.6 Å². The summed E-state index contributed by atoms with van der Waals surface area (Å²) < 4.78 is 0. The minimum absolute atomic E-state index is 0.0730. The zero-order valence-electron chi connectivity index (χ0n) is 10.7. The van der Waals surface area contributed by atoms with Crippen LogP contribution in [0.15, 0.2) is 24.3 Å². The average molecular weight is 245 g/mol. The Kier molecular flexibility index (Phi) is 2.55. The second kappa shape index (κ2) is 3.99. The van der Waals surface area contributed by atoms with Gasteiger partial charge < -0.3 is 15.5 Å². The van der Waals surface area contributed by atoms with E-state index >= 15 is 0 Å². The fourth-order valence-electron chi connectivity index (χ4n) is 2.41. The Hall–Kier alpha value is -1.55. The fourth-order valence-corrected chi connectivity index (χ4v) is 2.41. The molecule has 1 aliphatic heterocycles. The summed E-state index contributed by atoms with van der Waals surface area (Å²) in [5.41, 5.74) is 8.42. The summed E-state index contributed by atoms with van der Waals surface area (Å²) >= 11 is 0. The summed E-state index contributed by atoms with van der Waals surface area (Å²) in [6.45, 7) is 2.17. The Bertz CT molecular complexity index is 464. The third kappa shape index (κ3) is 1.97. The molecule has 0 aromatic heterocycles. The highest BCUT2D eigenvalue weighted by molar-refractivity contribution is 5.82. The van der Waals surface area contributed by atoms with E-state index in [-0.39, 0.29) is 11.4 Å². The van der Waals surface area contributed by atoms with Crippen LogP contribution in [-0.2, 0) is 10.3 Å². The highest BCUT2D eigenvalue weighted by Crippen LogP contribution is 2.42. The van der Waals surface area contributed by atoms with Gasteiger partial charge in [-0.05, 0) is 30.5 Å². The first-order valence-electron chi connectivity index (χ1n) is 6.47. The first-order chi connectivity index (χ1) is 8.58. The molecule has 1 aromatic carbocycles. The van der Waals surface area contributed by atoms with Gasteiger partial charge in [0.1, 0.15) is 0 Å². The summed E-state index contributed by atoms with van der Waals surface area (Å²) in [6, 6.07) is 8.37. The Morgan fingerprint density at radius 2 is 1.83 bits per heavy atom. The molecule has 4 heteroatoms. The molecule has 1 amide bonds. The molecule has 18 heavy (non-hydrogen) atoms. The van der Waals surface area contributed by atoms with Gasteiger partial charge in [-0.25, -0.2) is 0 Å². The van der Waals surface area contributed by atoms with E-state index < -0.39 is 0 Å². The summed E-state index contributed by atoms with van der Waals surface area (Å²) in [4.78, 5) is 15.6. The van der Waals surface area contributed by atoms with Gasteiger partial charge in [-0.15, -0.1) is 0 Å². The molecular formula is C14H19N3O. The second-order valence-corrected chi connectivity index (χ2v) is 5.44. The Labute approximate surface area is 107 Å². The van der Waals surface area contributed by atoms with E-state index in [0.717, 1.165) is 31.6 Å². The number of likely N-dealkylation sites (N-methyl/N-ethyl adjacent to an activating group) is 1. The predicted molar refractivity (Wildman–Crippen MR) is 71.4 cm³/mol. The number of anilines is 1. The lowest BCUT2D eigenvalue weighted by Gasteiger charge is -2.33. The Morgan fingerprint density at radius 3 is 2.39 bits per heavy atom. The quantitative estimate of drug-likeness (QED) is 0.842. The van der Waals surface area contributed by atoms with E-state index in [4.69, 9.17) is 5.73 Å². The lowest BCUT2D eigenvalue weighted by molar-refractivity contribution is -0.129. The second-order valence-electron chi connectivity index (χ2n) is 5.44. The molecule has 0 atom stereocenters. The molecule has 1 aliphatic carbocycles. The van der Waals surface area contributed by atoms with Crippen molar-refractivity contribution in [3.8, 4) is 0 Å². The van der Waals surface area contributed by atoms with Crippen molar-refractivity contribution in [1.82, 2.24) is 4.90 Å². The third-order valence-electron chi connectivity index (χ3n) is 4.05. The number of amides is 1. The first-order valence-corrected chi connectivity index (χ1v) is 6.47. The van der Waals surface area contributed by atoms with Crippen LogP contribution < -0.4 is 10.6 Å². The smallest absolute Gasteiger partial charge is 0.241 e. The molecule has 1 aromatic rings. The average Bonchev–Trinajstić information content (AvgIpc) is 3.12. The van der Waals surface area contributed by atoms with E-state index in [1.165, 1.54) is 5.56 Å². The standard InChI is InChI=1S/C14H19N3O/c1-16-8-9-17(10-13(16)18)12-4-2-11(3-5-12)14(15)6-7-14/h2-5H,6-10,15H2,1H3. The predicted octanol–water partition coefficient (Wildman–Crippen LogP) is 0.913. The number of hydrogen-bond donors (Lipinski definition) is 1. The zero-order chi connectivity index (χ0) is 12.8. The maximum atomic E-state index is 11.7. The van der Waals surface area contributed by atoms with Crippen LogP contribution in [-0.4, -0.2) is 37.5 Å². The number of hydrogen-bond acceptors (Lipinski definition) is 3. The van der Waals surface area contributed by atoms with Crippen LogP contribution >= 0.6 is 0 Å². The van der Waals surface area contributed by atoms with E-state index in [2.05, 4.69) is 29.2 Å². The van der Waals surface area contributed by atoms with E-state index in [9.17, 15) is 4.79 Å². The highest BCUT2D eigenvalue weighted by atomic mass is 16.2. The lowest BCUT2D eigenvalue weighted by Crippen LogP contribution is -2.48. The van der Waals surface area contributed by atoms with E-state index in [1.54, 1.807) is 4.90 Å². The monoisotopic (exact) mass is 245 g/mol. The van der Waals surface area contributed by atoms with Crippen molar-refractivity contribution in [2.45, 2.75) is 18.4 Å². The van der Waals surface area contributed by atoms with Crippen molar-refractivity contribution in [2.24, 2.45) is 5.73 Å². The van der Waals surface area contributed by atoms with Gasteiger partial charge in [0, 0.05) is 31.4 Å². The Morgan fingerprint density at radius 1 is 1.17 bits per heavy atom. The summed E-state index contributed by atoms with van der Waals surface area (Å²) in [5, 5.41) is 0. The fraction of sp³-hybridized carbons (Fsp3) is 0.500. The van der Waals surface area contributed by atoms with Crippen LogP contribution in [0.25, 0.3) is 0 Å². The van der Waals surface area contributed by atoms with Crippen LogP contribution in [0.3, 0.4) is 0 Å². The molecule has 2 N–H and O–H groups in total. The molecule has 4 nitrogen and oxygen atoms in total. The van der Waals surface area contributed by atoms with Crippen molar-refractivity contribution < 1.29 is 4.79 Å². The van der Waals surface area contributed by atoms with Crippen LogP contribution in [0.4, 0.5) is 5.69 Å². The lowest BCUT2D eigenvalue weighted by atomic mass is 10.1. The van der Waals surface area contributed by atoms with Crippen molar-refractivity contribution in [1.29, 1.82) is 0 Å². The van der Waals surface area contributed by atoms with Crippen molar-refractivity contribution >= 4 is 11.6 Å². The normalized spacial score (nSPS) is 22.2. The van der Waals surface area contributed by atoms with Gasteiger partial charge in [-0.2, -0.15) is 0 Å². The molecule has 1 heterocycles. The molecular weight excluding hydrogens is 226 g/mol. The molecule has 0 unspecified atom stereocenters. The number of nitrogens with zero attached hydrogens (tertiary/aromatic N) is 2. The minimum atomic E-state index is -0.0730. The molecule has 2 fully saturated rings. The summed E-state index contributed by atoms with van der Waals surface area (Å²) in [5.74, 6) is 0.183. The number of nitrogens with two attached hydrogens (primary N) is 1. The van der Waals surface area contributed by atoms with Gasteiger partial charge in [-0.3, -0.25) is 4.79 Å². The number of benzene rings is 1. The maximum Gasteiger partial charge on any atom is 0.241 e. The SMILES string of the molecule is CN1CCN(c2ccc(C3(N)CC3)cc2)CC1=O. The van der Waals surface area contributed by atoms with Crippen molar-refractivity contribution in [3.63, 3.8) is 0 Å². The number of carbonyl (C=O) groups is 1. The van der Waals surface area contributed by atoms with Gasteiger partial charge in [0.05, 0.1) is 6.54 Å². The van der Waals surface area contributed by atoms with E-state index in [0.29, 0.717) is 6.54 Å². The topological polar surface area (TPSA) is 49.6 Å². The zero-order valence-corrected chi connectivity index (χ0v) is 10.7. The van der Waals surface area contributed by atoms with Gasteiger partial charge in [0.2, 0.25) is 5.91 Å². The first kappa shape index (κ1) is 11.5. The molecule has 0 radical (unpaired) electrons. The van der Waals surface area contributed by atoms with Gasteiger partial charge >= 0.3 is 0 Å². The molecule has 2 aliphatic rings. The summed E-state index contributed by atoms with van der Waals surface area (Å²) in [6.07, 6.45) is 2.17. The Balaban J connectivity index is 1.75. The highest BCUT2D eigenvalue weighted by Gasteiger charge is 2.39. The van der Waals surface area contributed by atoms with Crippen LogP contribution in [0.1, 0.15) is 18.4 Å². The van der Waals surface area contributed by atoms with Gasteiger partial charge in [-0.1, -0.05) is 12.1 Å². The molecule has 0 bridgehead atoms. The minimum Gasteiger partial charge on any atom is -0.360 e. The number of piperazine rings is 1. The van der Waals surface area contributed by atoms with Crippen LogP contribution in [0, 0.1) is 0 Å². The number of rotatable bonds is 2. The molecule has 1 saturated heterocycles. The van der Waals surface area contributed by atoms with Crippen LogP contribution in [0.5, 0.6) is 0 Å². The molecule has 96 valence electrons. The van der Waals surface area contributed by atoms with Gasteiger partial charge in [0.15, 0.2) is 0 Å². The maximum absolute atomic E-state index is 11.7. The number of carbonyl (C=O) groups excluding carboxylic acids is 1. The molecule has 1 saturated carbocycles. The third-order valence-corrected chi connectivity index (χ3v) is 4.05. The molecule has 0 spiro atoms. The van der Waals surface area contributed by atoms with Crippen LogP contribution in [0.2, 0.25) is 0 Å². The van der Waals surface area contributed by atoms with Crippen molar-refractivity contribution in [3.05, 3.63) is 29.8 Å². The largest absolute Gasteiger partial charge is 0.360 e. The molecule has 3 rings (SSSR count). The summed E-state index contributed by atoms with van der Waals surface area (Å²) in [7, 11) is 1.86. The van der Waals surface area contributed by atoms with Gasteiger partial charge in [0.25, 0.3) is 0 Å².